The van der Waals surface area contributed by atoms with Crippen LogP contribution in [0.3, 0.4) is 0 Å². The highest BCUT2D eigenvalue weighted by molar-refractivity contribution is 6.62. The standard InChI is InChI=1S/C21H34BNO4/c1-6-25-19(24)23-16-12-8-7-9-13-17-14-10-11-15-18(17)22-26-20(2,3)21(4,5)27-22/h10-11,14-15H,6-9,12-13,16H2,1-5H3,(H,23,24). The Bertz CT molecular complexity index is 602. The number of hydrogen-bond acceptors (Lipinski definition) is 4. The third-order valence-electron chi connectivity index (χ3n) is 5.48. The van der Waals surface area contributed by atoms with E-state index in [2.05, 4.69) is 51.2 Å². The first kappa shape index (κ1) is 21.8. The lowest BCUT2D eigenvalue weighted by molar-refractivity contribution is 0.00578. The van der Waals surface area contributed by atoms with E-state index >= 15 is 0 Å². The fraction of sp³-hybridized carbons (Fsp3) is 0.667. The van der Waals surface area contributed by atoms with Crippen molar-refractivity contribution < 1.29 is 18.8 Å². The molecule has 2 rings (SSSR count). The maximum atomic E-state index is 11.2. The molecule has 150 valence electrons. The smallest absolute Gasteiger partial charge is 0.450 e. The monoisotopic (exact) mass is 375 g/mol. The molecule has 1 heterocycles. The third-order valence-corrected chi connectivity index (χ3v) is 5.48. The summed E-state index contributed by atoms with van der Waals surface area (Å²) in [5, 5.41) is 2.76. The second-order valence-electron chi connectivity index (χ2n) is 8.10. The van der Waals surface area contributed by atoms with Crippen LogP contribution in [0.1, 0.15) is 65.9 Å². The molecule has 1 aliphatic heterocycles. The molecule has 0 bridgehead atoms. The molecular weight excluding hydrogens is 341 g/mol. The predicted molar refractivity (Wildman–Crippen MR) is 109 cm³/mol. The lowest BCUT2D eigenvalue weighted by Crippen LogP contribution is -2.41. The van der Waals surface area contributed by atoms with Crippen molar-refractivity contribution in [3.63, 3.8) is 0 Å². The van der Waals surface area contributed by atoms with Crippen molar-refractivity contribution in [1.82, 2.24) is 5.32 Å². The molecule has 6 heteroatoms. The molecule has 1 N–H and O–H groups in total. The molecule has 1 saturated heterocycles. The summed E-state index contributed by atoms with van der Waals surface area (Å²) in [5.41, 5.74) is 1.79. The number of amides is 1. The van der Waals surface area contributed by atoms with Crippen molar-refractivity contribution in [2.45, 2.75) is 77.9 Å². The van der Waals surface area contributed by atoms with E-state index in [1.54, 1.807) is 6.92 Å². The normalized spacial score (nSPS) is 17.7. The molecule has 0 aliphatic carbocycles. The third kappa shape index (κ3) is 5.98. The number of aryl methyl sites for hydroxylation is 1. The van der Waals surface area contributed by atoms with Gasteiger partial charge in [-0.1, -0.05) is 37.1 Å². The van der Waals surface area contributed by atoms with Crippen LogP contribution in [0.2, 0.25) is 0 Å². The van der Waals surface area contributed by atoms with Crippen LogP contribution >= 0.6 is 0 Å². The van der Waals surface area contributed by atoms with Crippen LogP contribution < -0.4 is 10.8 Å². The summed E-state index contributed by atoms with van der Waals surface area (Å²) >= 11 is 0. The number of alkyl carbamates (subject to hydrolysis) is 1. The number of unbranched alkanes of at least 4 members (excludes halogenated alkanes) is 3. The fourth-order valence-corrected chi connectivity index (χ4v) is 3.13. The second kappa shape index (κ2) is 9.60. The number of benzene rings is 1. The zero-order chi connectivity index (χ0) is 19.9. The van der Waals surface area contributed by atoms with Gasteiger partial charge in [0.15, 0.2) is 0 Å². The quantitative estimate of drug-likeness (QED) is 0.526. The molecule has 0 atom stereocenters. The lowest BCUT2D eigenvalue weighted by Gasteiger charge is -2.32. The van der Waals surface area contributed by atoms with E-state index in [0.29, 0.717) is 13.2 Å². The SMILES string of the molecule is CCOC(=O)NCCCCCCc1ccccc1B1OC(C)(C)C(C)(C)O1. The number of carbonyl (C=O) groups is 1. The van der Waals surface area contributed by atoms with Gasteiger partial charge in [-0.3, -0.25) is 0 Å². The summed E-state index contributed by atoms with van der Waals surface area (Å²) in [6.07, 6.45) is 4.97. The van der Waals surface area contributed by atoms with Gasteiger partial charge in [0.05, 0.1) is 17.8 Å². The number of ether oxygens (including phenoxy) is 1. The van der Waals surface area contributed by atoms with Crippen LogP contribution in [-0.4, -0.2) is 37.6 Å². The van der Waals surface area contributed by atoms with Crippen molar-refractivity contribution in [1.29, 1.82) is 0 Å². The summed E-state index contributed by atoms with van der Waals surface area (Å²) in [7, 11) is -0.306. The maximum Gasteiger partial charge on any atom is 0.495 e. The van der Waals surface area contributed by atoms with Gasteiger partial charge in [-0.2, -0.15) is 0 Å². The molecule has 1 aromatic carbocycles. The zero-order valence-corrected chi connectivity index (χ0v) is 17.5. The highest BCUT2D eigenvalue weighted by Gasteiger charge is 2.52. The summed E-state index contributed by atoms with van der Waals surface area (Å²) in [4.78, 5) is 11.2. The van der Waals surface area contributed by atoms with Crippen LogP contribution in [0.5, 0.6) is 0 Å². The molecule has 27 heavy (non-hydrogen) atoms. The molecule has 1 aliphatic rings. The Balaban J connectivity index is 1.78. The van der Waals surface area contributed by atoms with Gasteiger partial charge in [0.2, 0.25) is 0 Å². The summed E-state index contributed by atoms with van der Waals surface area (Å²) in [5.74, 6) is 0. The van der Waals surface area contributed by atoms with Crippen molar-refractivity contribution in [3.8, 4) is 0 Å². The van der Waals surface area contributed by atoms with E-state index in [-0.39, 0.29) is 24.4 Å². The fourth-order valence-electron chi connectivity index (χ4n) is 3.13. The number of carbonyl (C=O) groups excluding carboxylic acids is 1. The Labute approximate surface area is 164 Å². The summed E-state index contributed by atoms with van der Waals surface area (Å²) in [6, 6.07) is 8.40. The molecule has 0 aromatic heterocycles. The lowest BCUT2D eigenvalue weighted by atomic mass is 9.75. The van der Waals surface area contributed by atoms with Gasteiger partial charge in [0, 0.05) is 6.54 Å². The molecule has 1 amide bonds. The Morgan fingerprint density at radius 1 is 1.04 bits per heavy atom. The van der Waals surface area contributed by atoms with Crippen molar-refractivity contribution >= 4 is 18.7 Å². The maximum absolute atomic E-state index is 11.2. The average Bonchev–Trinajstić information content (AvgIpc) is 2.82. The number of hydrogen-bond donors (Lipinski definition) is 1. The molecule has 5 nitrogen and oxygen atoms in total. The Morgan fingerprint density at radius 3 is 2.33 bits per heavy atom. The van der Waals surface area contributed by atoms with Gasteiger partial charge < -0.3 is 19.4 Å². The number of nitrogens with one attached hydrogen (secondary N) is 1. The number of rotatable bonds is 9. The van der Waals surface area contributed by atoms with Crippen LogP contribution in [0.25, 0.3) is 0 Å². The first-order valence-electron chi connectivity index (χ1n) is 10.1. The molecule has 1 fully saturated rings. The summed E-state index contributed by atoms with van der Waals surface area (Å²) in [6.45, 7) is 11.2. The van der Waals surface area contributed by atoms with E-state index < -0.39 is 0 Å². The molecule has 0 radical (unpaired) electrons. The molecule has 0 unspecified atom stereocenters. The van der Waals surface area contributed by atoms with Gasteiger partial charge in [-0.25, -0.2) is 4.79 Å². The summed E-state index contributed by atoms with van der Waals surface area (Å²) < 4.78 is 17.3. The van der Waals surface area contributed by atoms with Crippen LogP contribution in [0.15, 0.2) is 24.3 Å². The van der Waals surface area contributed by atoms with E-state index in [4.69, 9.17) is 14.0 Å². The molecule has 1 aromatic rings. The Hall–Kier alpha value is -1.53. The van der Waals surface area contributed by atoms with Gasteiger partial charge in [-0.15, -0.1) is 0 Å². The average molecular weight is 375 g/mol. The Kier molecular flexibility index (Phi) is 7.74. The highest BCUT2D eigenvalue weighted by atomic mass is 16.7. The van der Waals surface area contributed by atoms with Crippen LogP contribution in [-0.2, 0) is 20.5 Å². The topological polar surface area (TPSA) is 56.8 Å². The molecular formula is C21H34BNO4. The van der Waals surface area contributed by atoms with E-state index in [1.807, 2.05) is 6.07 Å². The largest absolute Gasteiger partial charge is 0.495 e. The van der Waals surface area contributed by atoms with Gasteiger partial charge in [0.1, 0.15) is 0 Å². The van der Waals surface area contributed by atoms with E-state index in [0.717, 1.165) is 37.6 Å². The van der Waals surface area contributed by atoms with Gasteiger partial charge in [-0.05, 0) is 64.9 Å². The van der Waals surface area contributed by atoms with Gasteiger partial charge in [0.25, 0.3) is 0 Å². The predicted octanol–water partition coefficient (Wildman–Crippen LogP) is 3.83. The minimum atomic E-state index is -0.325. The van der Waals surface area contributed by atoms with Gasteiger partial charge >= 0.3 is 13.2 Å². The van der Waals surface area contributed by atoms with Crippen molar-refractivity contribution in [2.75, 3.05) is 13.2 Å². The molecule has 0 saturated carbocycles. The van der Waals surface area contributed by atoms with Crippen molar-refractivity contribution in [3.05, 3.63) is 29.8 Å². The van der Waals surface area contributed by atoms with E-state index in [1.165, 1.54) is 5.56 Å². The highest BCUT2D eigenvalue weighted by Crippen LogP contribution is 2.36. The second-order valence-corrected chi connectivity index (χ2v) is 8.10. The van der Waals surface area contributed by atoms with Crippen LogP contribution in [0, 0.1) is 0 Å². The zero-order valence-electron chi connectivity index (χ0n) is 17.5. The first-order valence-corrected chi connectivity index (χ1v) is 10.1. The van der Waals surface area contributed by atoms with E-state index in [9.17, 15) is 4.79 Å². The molecule has 0 spiro atoms. The van der Waals surface area contributed by atoms with Crippen LogP contribution in [0.4, 0.5) is 4.79 Å². The Morgan fingerprint density at radius 2 is 1.67 bits per heavy atom. The van der Waals surface area contributed by atoms with Crippen molar-refractivity contribution in [2.24, 2.45) is 0 Å². The minimum Gasteiger partial charge on any atom is -0.450 e. The first-order chi connectivity index (χ1) is 12.8. The minimum absolute atomic E-state index is 0.306.